The van der Waals surface area contributed by atoms with Crippen LogP contribution < -0.4 is 5.32 Å². The van der Waals surface area contributed by atoms with Gasteiger partial charge in [-0.25, -0.2) is 4.39 Å². The Morgan fingerprint density at radius 2 is 2.27 bits per heavy atom. The Kier molecular flexibility index (Phi) is 4.50. The predicted molar refractivity (Wildman–Crippen MR) is 62.4 cm³/mol. The average Bonchev–Trinajstić information content (AvgIpc) is 2.22. The average molecular weight is 207 g/mol. The second-order valence-electron chi connectivity index (χ2n) is 3.64. The Hall–Kier alpha value is -1.15. The summed E-state index contributed by atoms with van der Waals surface area (Å²) in [4.78, 5) is 0. The summed E-state index contributed by atoms with van der Waals surface area (Å²) in [5.41, 5.74) is 1.81. The largest absolute Gasteiger partial charge is 0.310 e. The lowest BCUT2D eigenvalue weighted by atomic mass is 10.0. The Labute approximate surface area is 91.0 Å². The van der Waals surface area contributed by atoms with E-state index in [1.165, 1.54) is 6.07 Å². The Bertz CT molecular complexity index is 333. The monoisotopic (exact) mass is 207 g/mol. The minimum absolute atomic E-state index is 0.146. The first-order valence-electron chi connectivity index (χ1n) is 5.29. The fraction of sp³-hybridized carbons (Fsp3) is 0.385. The summed E-state index contributed by atoms with van der Waals surface area (Å²) >= 11 is 0. The molecular weight excluding hydrogens is 189 g/mol. The lowest BCUT2D eigenvalue weighted by molar-refractivity contribution is 0.555. The van der Waals surface area contributed by atoms with Crippen molar-refractivity contribution in [3.8, 4) is 0 Å². The second kappa shape index (κ2) is 5.66. The van der Waals surface area contributed by atoms with Crippen molar-refractivity contribution in [3.05, 3.63) is 47.8 Å². The molecule has 1 unspecified atom stereocenters. The Morgan fingerprint density at radius 1 is 1.53 bits per heavy atom. The van der Waals surface area contributed by atoms with Gasteiger partial charge in [-0.15, -0.1) is 6.58 Å². The molecule has 0 radical (unpaired) electrons. The van der Waals surface area contributed by atoms with Crippen molar-refractivity contribution >= 4 is 0 Å². The predicted octanol–water partition coefficient (Wildman–Crippen LogP) is 3.36. The number of hydrogen-bond donors (Lipinski definition) is 1. The quantitative estimate of drug-likeness (QED) is 0.730. The molecule has 1 nitrogen and oxygen atoms in total. The number of benzene rings is 1. The Balaban J connectivity index is 2.89. The maximum atomic E-state index is 13.1. The molecule has 0 amide bonds. The van der Waals surface area contributed by atoms with E-state index in [1.807, 2.05) is 18.2 Å². The summed E-state index contributed by atoms with van der Waals surface area (Å²) in [6.07, 6.45) is 2.74. The highest BCUT2D eigenvalue weighted by Gasteiger charge is 2.09. The highest BCUT2D eigenvalue weighted by Crippen LogP contribution is 2.19. The van der Waals surface area contributed by atoms with Crippen LogP contribution in [0.15, 0.2) is 30.9 Å². The molecule has 0 saturated heterocycles. The van der Waals surface area contributed by atoms with E-state index < -0.39 is 0 Å². The van der Waals surface area contributed by atoms with E-state index in [4.69, 9.17) is 0 Å². The van der Waals surface area contributed by atoms with E-state index in [9.17, 15) is 4.39 Å². The van der Waals surface area contributed by atoms with E-state index in [0.29, 0.717) is 5.56 Å². The van der Waals surface area contributed by atoms with Crippen LogP contribution in [0, 0.1) is 12.7 Å². The van der Waals surface area contributed by atoms with Crippen molar-refractivity contribution in [2.45, 2.75) is 26.3 Å². The van der Waals surface area contributed by atoms with E-state index in [2.05, 4.69) is 18.8 Å². The third-order valence-electron chi connectivity index (χ3n) is 2.44. The van der Waals surface area contributed by atoms with Crippen LogP contribution in [-0.2, 0) is 0 Å². The summed E-state index contributed by atoms with van der Waals surface area (Å²) in [5, 5.41) is 3.35. The molecule has 1 aromatic rings. The van der Waals surface area contributed by atoms with Crippen LogP contribution >= 0.6 is 0 Å². The fourth-order valence-electron chi connectivity index (χ4n) is 1.63. The lowest BCUT2D eigenvalue weighted by Crippen LogP contribution is -2.20. The van der Waals surface area contributed by atoms with Crippen molar-refractivity contribution in [2.24, 2.45) is 0 Å². The van der Waals surface area contributed by atoms with E-state index in [-0.39, 0.29) is 11.9 Å². The van der Waals surface area contributed by atoms with E-state index >= 15 is 0 Å². The molecule has 0 aliphatic carbocycles. The highest BCUT2D eigenvalue weighted by atomic mass is 19.1. The molecule has 0 heterocycles. The van der Waals surface area contributed by atoms with Gasteiger partial charge in [0.2, 0.25) is 0 Å². The second-order valence-corrected chi connectivity index (χ2v) is 3.64. The summed E-state index contributed by atoms with van der Waals surface area (Å²) < 4.78 is 13.1. The van der Waals surface area contributed by atoms with Crippen molar-refractivity contribution < 1.29 is 4.39 Å². The molecule has 1 atom stereocenters. The maximum absolute atomic E-state index is 13.1. The van der Waals surface area contributed by atoms with Gasteiger partial charge in [0.15, 0.2) is 0 Å². The first-order chi connectivity index (χ1) is 7.19. The van der Waals surface area contributed by atoms with Crippen molar-refractivity contribution in [3.63, 3.8) is 0 Å². The molecule has 0 fully saturated rings. The molecular formula is C13H18FN. The van der Waals surface area contributed by atoms with Gasteiger partial charge < -0.3 is 5.32 Å². The third kappa shape index (κ3) is 3.17. The van der Waals surface area contributed by atoms with Gasteiger partial charge in [-0.2, -0.15) is 0 Å². The first-order valence-corrected chi connectivity index (χ1v) is 5.29. The Morgan fingerprint density at radius 3 is 2.80 bits per heavy atom. The van der Waals surface area contributed by atoms with Gasteiger partial charge in [0.1, 0.15) is 5.82 Å². The minimum Gasteiger partial charge on any atom is -0.310 e. The zero-order chi connectivity index (χ0) is 11.3. The van der Waals surface area contributed by atoms with Crippen molar-refractivity contribution in [2.75, 3.05) is 6.54 Å². The zero-order valence-corrected chi connectivity index (χ0v) is 9.39. The SMILES string of the molecule is C=CCC(NCC)c1ccc(F)c(C)c1. The molecule has 0 bridgehead atoms. The molecule has 0 aliphatic heterocycles. The normalized spacial score (nSPS) is 12.5. The summed E-state index contributed by atoms with van der Waals surface area (Å²) in [7, 11) is 0. The highest BCUT2D eigenvalue weighted by molar-refractivity contribution is 5.26. The van der Waals surface area contributed by atoms with Gasteiger partial charge >= 0.3 is 0 Å². The number of rotatable bonds is 5. The molecule has 0 aliphatic rings. The first kappa shape index (κ1) is 11.9. The van der Waals surface area contributed by atoms with Gasteiger partial charge in [-0.05, 0) is 37.1 Å². The topological polar surface area (TPSA) is 12.0 Å². The van der Waals surface area contributed by atoms with Crippen LogP contribution in [0.1, 0.15) is 30.5 Å². The van der Waals surface area contributed by atoms with Crippen molar-refractivity contribution in [1.29, 1.82) is 0 Å². The van der Waals surface area contributed by atoms with Gasteiger partial charge in [-0.1, -0.05) is 25.1 Å². The standard InChI is InChI=1S/C13H18FN/c1-4-6-13(15-5-2)11-7-8-12(14)10(3)9-11/h4,7-9,13,15H,1,5-6H2,2-3H3. The molecule has 0 saturated carbocycles. The molecule has 82 valence electrons. The lowest BCUT2D eigenvalue weighted by Gasteiger charge is -2.17. The summed E-state index contributed by atoms with van der Waals surface area (Å²) in [6, 6.07) is 5.50. The molecule has 1 N–H and O–H groups in total. The van der Waals surface area contributed by atoms with Crippen LogP contribution in [0.5, 0.6) is 0 Å². The van der Waals surface area contributed by atoms with E-state index in [0.717, 1.165) is 18.5 Å². The molecule has 1 rings (SSSR count). The van der Waals surface area contributed by atoms with E-state index in [1.54, 1.807) is 6.92 Å². The smallest absolute Gasteiger partial charge is 0.126 e. The van der Waals surface area contributed by atoms with Crippen LogP contribution in [0.25, 0.3) is 0 Å². The zero-order valence-electron chi connectivity index (χ0n) is 9.39. The molecule has 15 heavy (non-hydrogen) atoms. The van der Waals surface area contributed by atoms with Crippen LogP contribution in [0.3, 0.4) is 0 Å². The van der Waals surface area contributed by atoms with Crippen molar-refractivity contribution in [1.82, 2.24) is 5.32 Å². The molecule has 0 aromatic heterocycles. The van der Waals surface area contributed by atoms with Gasteiger partial charge in [-0.3, -0.25) is 0 Å². The summed E-state index contributed by atoms with van der Waals surface area (Å²) in [6.45, 7) is 8.48. The van der Waals surface area contributed by atoms with Gasteiger partial charge in [0, 0.05) is 6.04 Å². The minimum atomic E-state index is -0.146. The molecule has 2 heteroatoms. The fourth-order valence-corrected chi connectivity index (χ4v) is 1.63. The van der Waals surface area contributed by atoms with Gasteiger partial charge in [0.05, 0.1) is 0 Å². The molecule has 0 spiro atoms. The summed E-state index contributed by atoms with van der Waals surface area (Å²) in [5.74, 6) is -0.146. The number of aryl methyl sites for hydroxylation is 1. The number of hydrogen-bond acceptors (Lipinski definition) is 1. The van der Waals surface area contributed by atoms with Crippen LogP contribution in [-0.4, -0.2) is 6.54 Å². The number of nitrogens with one attached hydrogen (secondary N) is 1. The van der Waals surface area contributed by atoms with Gasteiger partial charge in [0.25, 0.3) is 0 Å². The molecule has 1 aromatic carbocycles. The third-order valence-corrected chi connectivity index (χ3v) is 2.44. The van der Waals surface area contributed by atoms with Crippen LogP contribution in [0.2, 0.25) is 0 Å². The number of halogens is 1. The maximum Gasteiger partial charge on any atom is 0.126 e. The van der Waals surface area contributed by atoms with Crippen LogP contribution in [0.4, 0.5) is 4.39 Å².